The second-order valence-electron chi connectivity index (χ2n) is 8.37. The van der Waals surface area contributed by atoms with E-state index in [0.29, 0.717) is 24.7 Å². The lowest BCUT2D eigenvalue weighted by Crippen LogP contribution is -2.20. The normalized spacial score (nSPS) is 11.2. The van der Waals surface area contributed by atoms with Crippen LogP contribution >= 0.6 is 11.6 Å². The minimum Gasteiger partial charge on any atom is -0.348 e. The fourth-order valence-electron chi connectivity index (χ4n) is 3.85. The van der Waals surface area contributed by atoms with Gasteiger partial charge in [0.2, 0.25) is 5.91 Å². The van der Waals surface area contributed by atoms with Crippen LogP contribution in [0.4, 0.5) is 0 Å². The Bertz CT molecular complexity index is 1420. The van der Waals surface area contributed by atoms with Crippen molar-refractivity contribution in [3.05, 3.63) is 128 Å². The average Bonchev–Trinajstić information content (AvgIpc) is 3.12. The molecule has 0 atom stereocenters. The van der Waals surface area contributed by atoms with Crippen LogP contribution in [-0.4, -0.2) is 20.3 Å². The Balaban J connectivity index is 1.34. The number of nitrogens with zero attached hydrogens (tertiary/aromatic N) is 3. The molecule has 4 aromatic rings. The van der Waals surface area contributed by atoms with Gasteiger partial charge in [-0.1, -0.05) is 60.1 Å². The molecule has 1 N–H and O–H groups in total. The van der Waals surface area contributed by atoms with E-state index >= 15 is 0 Å². The number of carbonyl (C=O) groups excluding carboxylic acids is 1. The quantitative estimate of drug-likeness (QED) is 0.366. The highest BCUT2D eigenvalue weighted by Gasteiger charge is 2.11. The molecule has 0 aliphatic carbocycles. The summed E-state index contributed by atoms with van der Waals surface area (Å²) in [6.07, 6.45) is 5.11. The third-order valence-electron chi connectivity index (χ3n) is 5.86. The van der Waals surface area contributed by atoms with Crippen LogP contribution in [0.25, 0.3) is 6.08 Å². The van der Waals surface area contributed by atoms with E-state index in [1.807, 2.05) is 73.1 Å². The van der Waals surface area contributed by atoms with E-state index < -0.39 is 0 Å². The highest BCUT2D eigenvalue weighted by atomic mass is 35.5. The molecule has 0 saturated heterocycles. The van der Waals surface area contributed by atoms with Crippen molar-refractivity contribution in [2.24, 2.45) is 0 Å². The van der Waals surface area contributed by atoms with Gasteiger partial charge in [0.25, 0.3) is 5.56 Å². The molecule has 2 heterocycles. The van der Waals surface area contributed by atoms with Crippen molar-refractivity contribution >= 4 is 23.6 Å². The first-order valence-corrected chi connectivity index (χ1v) is 11.7. The molecule has 0 aliphatic heterocycles. The van der Waals surface area contributed by atoms with Crippen LogP contribution in [0.2, 0.25) is 5.02 Å². The number of nitrogens with one attached hydrogen (secondary N) is 1. The minimum absolute atomic E-state index is 0.0319. The van der Waals surface area contributed by atoms with Crippen LogP contribution < -0.4 is 10.9 Å². The van der Waals surface area contributed by atoms with Gasteiger partial charge in [0.15, 0.2) is 0 Å². The smallest absolute Gasteiger partial charge is 0.250 e. The van der Waals surface area contributed by atoms with E-state index in [0.717, 1.165) is 33.6 Å². The Hall–Kier alpha value is -3.90. The number of amides is 1. The largest absolute Gasteiger partial charge is 0.348 e. The standard InChI is InChI=1S/C28H27ClN4O2/c1-20-25(21(2)33(31-20)19-24-7-3-4-8-26(24)29)14-15-27(34)30-17-22-10-12-23(13-11-22)18-32-16-6-5-9-28(32)35/h3-16H,17-19H2,1-2H3,(H,30,34)/b15-14+. The first kappa shape index (κ1) is 24.2. The van der Waals surface area contributed by atoms with E-state index in [2.05, 4.69) is 10.4 Å². The summed E-state index contributed by atoms with van der Waals surface area (Å²) >= 11 is 6.29. The number of carbonyl (C=O) groups is 1. The SMILES string of the molecule is Cc1nn(Cc2ccccc2Cl)c(C)c1/C=C/C(=O)NCc1ccc(Cn2ccccc2=O)cc1. The number of aryl methyl sites for hydroxylation is 1. The molecular weight excluding hydrogens is 460 g/mol. The van der Waals surface area contributed by atoms with Gasteiger partial charge in [0, 0.05) is 41.2 Å². The topological polar surface area (TPSA) is 68.9 Å². The first-order chi connectivity index (χ1) is 16.9. The summed E-state index contributed by atoms with van der Waals surface area (Å²) in [6, 6.07) is 20.7. The van der Waals surface area contributed by atoms with Crippen LogP contribution in [0.1, 0.15) is 33.6 Å². The van der Waals surface area contributed by atoms with E-state index in [1.165, 1.54) is 6.08 Å². The molecule has 0 aliphatic rings. The molecule has 178 valence electrons. The van der Waals surface area contributed by atoms with Crippen molar-refractivity contribution < 1.29 is 4.79 Å². The minimum atomic E-state index is -0.178. The predicted octanol–water partition coefficient (Wildman–Crippen LogP) is 4.74. The summed E-state index contributed by atoms with van der Waals surface area (Å²) in [5, 5.41) is 8.24. The number of rotatable bonds is 8. The molecule has 2 aromatic heterocycles. The van der Waals surface area contributed by atoms with E-state index in [-0.39, 0.29) is 11.5 Å². The Labute approximate surface area is 209 Å². The zero-order valence-corrected chi connectivity index (χ0v) is 20.5. The zero-order valence-electron chi connectivity index (χ0n) is 19.7. The van der Waals surface area contributed by atoms with Crippen molar-refractivity contribution in [2.75, 3.05) is 0 Å². The molecule has 0 spiro atoms. The lowest BCUT2D eigenvalue weighted by atomic mass is 10.1. The number of pyridine rings is 1. The summed E-state index contributed by atoms with van der Waals surface area (Å²) in [6.45, 7) is 5.41. The highest BCUT2D eigenvalue weighted by Crippen LogP contribution is 2.20. The maximum absolute atomic E-state index is 12.4. The number of hydrogen-bond acceptors (Lipinski definition) is 3. The van der Waals surface area contributed by atoms with Crippen LogP contribution in [0.15, 0.2) is 83.8 Å². The molecule has 35 heavy (non-hydrogen) atoms. The van der Waals surface area contributed by atoms with E-state index in [9.17, 15) is 9.59 Å². The maximum Gasteiger partial charge on any atom is 0.250 e. The van der Waals surface area contributed by atoms with Crippen molar-refractivity contribution in [3.63, 3.8) is 0 Å². The van der Waals surface area contributed by atoms with Crippen molar-refractivity contribution in [2.45, 2.75) is 33.5 Å². The van der Waals surface area contributed by atoms with Gasteiger partial charge >= 0.3 is 0 Å². The van der Waals surface area contributed by atoms with Crippen LogP contribution in [0.5, 0.6) is 0 Å². The van der Waals surface area contributed by atoms with Crippen molar-refractivity contribution in [1.29, 1.82) is 0 Å². The van der Waals surface area contributed by atoms with Gasteiger partial charge in [-0.3, -0.25) is 14.3 Å². The summed E-state index contributed by atoms with van der Waals surface area (Å²) in [5.74, 6) is -0.178. The van der Waals surface area contributed by atoms with Gasteiger partial charge in [0.05, 0.1) is 18.8 Å². The van der Waals surface area contributed by atoms with Crippen molar-refractivity contribution in [3.8, 4) is 0 Å². The number of halogens is 1. The first-order valence-electron chi connectivity index (χ1n) is 11.4. The van der Waals surface area contributed by atoms with Crippen LogP contribution in [0.3, 0.4) is 0 Å². The van der Waals surface area contributed by atoms with E-state index in [1.54, 1.807) is 29.0 Å². The van der Waals surface area contributed by atoms with Gasteiger partial charge in [-0.05, 0) is 48.7 Å². The van der Waals surface area contributed by atoms with Crippen LogP contribution in [0, 0.1) is 13.8 Å². The predicted molar refractivity (Wildman–Crippen MR) is 139 cm³/mol. The molecular formula is C28H27ClN4O2. The molecule has 0 bridgehead atoms. The summed E-state index contributed by atoms with van der Waals surface area (Å²) in [4.78, 5) is 24.3. The molecule has 0 fully saturated rings. The van der Waals surface area contributed by atoms with Gasteiger partial charge in [-0.2, -0.15) is 5.10 Å². The second-order valence-corrected chi connectivity index (χ2v) is 8.78. The third-order valence-corrected chi connectivity index (χ3v) is 6.23. The Kier molecular flexibility index (Phi) is 7.63. The lowest BCUT2D eigenvalue weighted by molar-refractivity contribution is -0.116. The monoisotopic (exact) mass is 486 g/mol. The molecule has 0 unspecified atom stereocenters. The van der Waals surface area contributed by atoms with Gasteiger partial charge in [-0.15, -0.1) is 0 Å². The van der Waals surface area contributed by atoms with Crippen molar-refractivity contribution in [1.82, 2.24) is 19.7 Å². The molecule has 0 radical (unpaired) electrons. The lowest BCUT2D eigenvalue weighted by Gasteiger charge is -2.07. The van der Waals surface area contributed by atoms with Crippen LogP contribution in [-0.2, 0) is 24.4 Å². The summed E-state index contributed by atoms with van der Waals surface area (Å²) in [5.41, 5.74) is 5.72. The number of hydrogen-bond donors (Lipinski definition) is 1. The second kappa shape index (κ2) is 11.0. The summed E-state index contributed by atoms with van der Waals surface area (Å²) in [7, 11) is 0. The molecule has 7 heteroatoms. The highest BCUT2D eigenvalue weighted by molar-refractivity contribution is 6.31. The van der Waals surface area contributed by atoms with Gasteiger partial charge in [-0.25, -0.2) is 0 Å². The molecule has 6 nitrogen and oxygen atoms in total. The summed E-state index contributed by atoms with van der Waals surface area (Å²) < 4.78 is 3.56. The third kappa shape index (κ3) is 6.16. The molecule has 4 rings (SSSR count). The Morgan fingerprint density at radius 1 is 0.971 bits per heavy atom. The van der Waals surface area contributed by atoms with E-state index in [4.69, 9.17) is 11.6 Å². The zero-order chi connectivity index (χ0) is 24.8. The Morgan fingerprint density at radius 3 is 2.43 bits per heavy atom. The number of benzene rings is 2. The maximum atomic E-state index is 12.4. The van der Waals surface area contributed by atoms with Gasteiger partial charge in [0.1, 0.15) is 0 Å². The number of aromatic nitrogens is 3. The Morgan fingerprint density at radius 2 is 1.69 bits per heavy atom. The molecule has 0 saturated carbocycles. The molecule has 2 aromatic carbocycles. The fourth-order valence-corrected chi connectivity index (χ4v) is 4.05. The fraction of sp³-hybridized carbons (Fsp3) is 0.179. The van der Waals surface area contributed by atoms with Gasteiger partial charge < -0.3 is 9.88 Å². The molecule has 1 amide bonds. The average molecular weight is 487 g/mol.